The Labute approximate surface area is 148 Å². The fourth-order valence-electron chi connectivity index (χ4n) is 2.84. The minimum absolute atomic E-state index is 0.0498. The van der Waals surface area contributed by atoms with Crippen molar-refractivity contribution >= 4 is 35.0 Å². The molecule has 0 unspecified atom stereocenters. The monoisotopic (exact) mass is 368 g/mol. The third-order valence-corrected chi connectivity index (χ3v) is 4.98. The maximum atomic E-state index is 14.5. The van der Waals surface area contributed by atoms with E-state index < -0.39 is 23.8 Å². The van der Waals surface area contributed by atoms with Crippen molar-refractivity contribution < 1.29 is 23.1 Å². The van der Waals surface area contributed by atoms with Crippen molar-refractivity contribution in [3.05, 3.63) is 35.4 Å². The van der Waals surface area contributed by atoms with E-state index in [-0.39, 0.29) is 30.2 Å². The Morgan fingerprint density at radius 3 is 2.88 bits per heavy atom. The summed E-state index contributed by atoms with van der Waals surface area (Å²) in [4.78, 5) is 24.0. The number of halogens is 2. The zero-order valence-corrected chi connectivity index (χ0v) is 14.5. The smallest absolute Gasteiger partial charge is 0.414 e. The van der Waals surface area contributed by atoms with Gasteiger partial charge in [0.15, 0.2) is 0 Å². The number of rotatable bonds is 4. The lowest BCUT2D eigenvalue weighted by molar-refractivity contribution is -0.119. The molecule has 0 bridgehead atoms. The molecule has 1 aromatic rings. The molecule has 134 valence electrons. The Morgan fingerprint density at radius 1 is 1.40 bits per heavy atom. The highest BCUT2D eigenvalue weighted by atomic mass is 32.2. The standard InChI is InChI=1S/C17H18F2N2O3S/c1-10(22)20-8-12-9-21(17(23)24-12)16-7-14(18)13(6-15(16)19)11-2-4-25-5-3-11/h2,6-7,12H,3-5,8-9H2,1H3,(H,20,22)/t12-/m0/s1. The Balaban J connectivity index is 1.81. The van der Waals surface area contributed by atoms with Crippen LogP contribution < -0.4 is 10.2 Å². The topological polar surface area (TPSA) is 58.6 Å². The van der Waals surface area contributed by atoms with Crippen LogP contribution in [0.15, 0.2) is 18.2 Å². The van der Waals surface area contributed by atoms with Crippen molar-refractivity contribution in [1.29, 1.82) is 0 Å². The summed E-state index contributed by atoms with van der Waals surface area (Å²) >= 11 is 1.74. The number of carbonyl (C=O) groups is 2. The lowest BCUT2D eigenvalue weighted by Gasteiger charge is -2.18. The van der Waals surface area contributed by atoms with E-state index in [1.165, 1.54) is 6.92 Å². The maximum Gasteiger partial charge on any atom is 0.414 e. The summed E-state index contributed by atoms with van der Waals surface area (Å²) in [6.07, 6.45) is 1.23. The van der Waals surface area contributed by atoms with Crippen molar-refractivity contribution in [3.63, 3.8) is 0 Å². The van der Waals surface area contributed by atoms with Gasteiger partial charge in [0.1, 0.15) is 17.7 Å². The van der Waals surface area contributed by atoms with Crippen molar-refractivity contribution in [2.75, 3.05) is 29.5 Å². The summed E-state index contributed by atoms with van der Waals surface area (Å²) in [5.41, 5.74) is 0.875. The zero-order chi connectivity index (χ0) is 18.0. The van der Waals surface area contributed by atoms with Gasteiger partial charge in [-0.25, -0.2) is 13.6 Å². The van der Waals surface area contributed by atoms with Gasteiger partial charge in [-0.3, -0.25) is 9.69 Å². The number of carbonyl (C=O) groups excluding carboxylic acids is 2. The Hall–Kier alpha value is -2.09. The molecule has 1 aromatic carbocycles. The van der Waals surface area contributed by atoms with Gasteiger partial charge in [0.05, 0.1) is 18.8 Å². The first kappa shape index (κ1) is 17.7. The molecule has 0 aliphatic carbocycles. The SMILES string of the molecule is CC(=O)NC[C@H]1CN(c2cc(F)c(C3=CCSCC3)cc2F)C(=O)O1. The molecule has 0 saturated carbocycles. The number of hydrogen-bond donors (Lipinski definition) is 1. The second-order valence-corrected chi connectivity index (χ2v) is 7.04. The van der Waals surface area contributed by atoms with Crippen LogP contribution >= 0.6 is 11.8 Å². The summed E-state index contributed by atoms with van der Waals surface area (Å²) < 4.78 is 34.1. The predicted octanol–water partition coefficient (Wildman–Crippen LogP) is 2.95. The van der Waals surface area contributed by atoms with E-state index in [4.69, 9.17) is 4.74 Å². The van der Waals surface area contributed by atoms with Crippen molar-refractivity contribution in [3.8, 4) is 0 Å². The molecule has 1 saturated heterocycles. The second-order valence-electron chi connectivity index (χ2n) is 5.89. The average molecular weight is 368 g/mol. The van der Waals surface area contributed by atoms with E-state index >= 15 is 0 Å². The molecular formula is C17H18F2N2O3S. The first-order valence-electron chi connectivity index (χ1n) is 7.94. The molecule has 5 nitrogen and oxygen atoms in total. The van der Waals surface area contributed by atoms with Crippen LogP contribution in [0.4, 0.5) is 19.3 Å². The molecule has 1 N–H and O–H groups in total. The van der Waals surface area contributed by atoms with E-state index in [1.807, 2.05) is 6.08 Å². The first-order chi connectivity index (χ1) is 12.0. The molecule has 2 aliphatic heterocycles. The van der Waals surface area contributed by atoms with Crippen molar-refractivity contribution in [2.45, 2.75) is 19.4 Å². The zero-order valence-electron chi connectivity index (χ0n) is 13.7. The van der Waals surface area contributed by atoms with E-state index in [0.717, 1.165) is 34.1 Å². The molecule has 2 amide bonds. The van der Waals surface area contributed by atoms with Crippen molar-refractivity contribution in [2.24, 2.45) is 0 Å². The highest BCUT2D eigenvalue weighted by Gasteiger charge is 2.34. The number of nitrogens with one attached hydrogen (secondary N) is 1. The first-order valence-corrected chi connectivity index (χ1v) is 9.10. The molecule has 25 heavy (non-hydrogen) atoms. The van der Waals surface area contributed by atoms with Gasteiger partial charge in [0.2, 0.25) is 5.91 Å². The fourth-order valence-corrected chi connectivity index (χ4v) is 3.69. The van der Waals surface area contributed by atoms with Crippen LogP contribution in [0.1, 0.15) is 18.9 Å². The highest BCUT2D eigenvalue weighted by molar-refractivity contribution is 7.99. The van der Waals surface area contributed by atoms with E-state index in [2.05, 4.69) is 5.32 Å². The van der Waals surface area contributed by atoms with E-state index in [9.17, 15) is 18.4 Å². The van der Waals surface area contributed by atoms with Crippen LogP contribution in [-0.2, 0) is 9.53 Å². The number of amides is 2. The third-order valence-electron chi connectivity index (χ3n) is 4.09. The number of hydrogen-bond acceptors (Lipinski definition) is 4. The molecule has 0 aromatic heterocycles. The Morgan fingerprint density at radius 2 is 2.20 bits per heavy atom. The number of thioether (sulfide) groups is 1. The molecule has 2 heterocycles. The van der Waals surface area contributed by atoms with Gasteiger partial charge in [-0.05, 0) is 23.8 Å². The number of benzene rings is 1. The summed E-state index contributed by atoms with van der Waals surface area (Å²) in [6.45, 7) is 1.53. The third kappa shape index (κ3) is 3.95. The number of allylic oxidation sites excluding steroid dienone is 1. The number of ether oxygens (including phenoxy) is 1. The molecule has 1 atom stereocenters. The van der Waals surface area contributed by atoms with Gasteiger partial charge in [-0.1, -0.05) is 6.08 Å². The molecule has 3 rings (SSSR count). The van der Waals surface area contributed by atoms with Crippen LogP contribution in [0.25, 0.3) is 5.57 Å². The Bertz CT molecular complexity index is 739. The van der Waals surface area contributed by atoms with Gasteiger partial charge in [-0.15, -0.1) is 0 Å². The lowest BCUT2D eigenvalue weighted by Crippen LogP contribution is -2.33. The minimum atomic E-state index is -0.755. The summed E-state index contributed by atoms with van der Waals surface area (Å²) in [7, 11) is 0. The molecular weight excluding hydrogens is 350 g/mol. The molecule has 1 fully saturated rings. The van der Waals surface area contributed by atoms with Crippen LogP contribution in [0, 0.1) is 11.6 Å². The minimum Gasteiger partial charge on any atom is -0.442 e. The normalized spacial score (nSPS) is 20.3. The largest absolute Gasteiger partial charge is 0.442 e. The van der Waals surface area contributed by atoms with Gasteiger partial charge in [0, 0.05) is 24.3 Å². The van der Waals surface area contributed by atoms with Gasteiger partial charge in [-0.2, -0.15) is 11.8 Å². The van der Waals surface area contributed by atoms with Crippen LogP contribution in [0.5, 0.6) is 0 Å². The summed E-state index contributed by atoms with van der Waals surface area (Å²) in [5.74, 6) is 0.162. The second kappa shape index (κ2) is 7.43. The van der Waals surface area contributed by atoms with Crippen LogP contribution in [0.2, 0.25) is 0 Å². The lowest BCUT2D eigenvalue weighted by atomic mass is 10.0. The molecule has 0 spiro atoms. The summed E-state index contributed by atoms with van der Waals surface area (Å²) in [6, 6.07) is 2.18. The molecule has 0 radical (unpaired) electrons. The molecule has 2 aliphatic rings. The van der Waals surface area contributed by atoms with Crippen LogP contribution in [0.3, 0.4) is 0 Å². The van der Waals surface area contributed by atoms with Crippen molar-refractivity contribution in [1.82, 2.24) is 5.32 Å². The van der Waals surface area contributed by atoms with Gasteiger partial charge < -0.3 is 10.1 Å². The van der Waals surface area contributed by atoms with Gasteiger partial charge in [0.25, 0.3) is 0 Å². The Kier molecular flexibility index (Phi) is 5.27. The maximum absolute atomic E-state index is 14.5. The fraction of sp³-hybridized carbons (Fsp3) is 0.412. The number of anilines is 1. The predicted molar refractivity (Wildman–Crippen MR) is 92.6 cm³/mol. The number of cyclic esters (lactones) is 1. The quantitative estimate of drug-likeness (QED) is 0.888. The summed E-state index contributed by atoms with van der Waals surface area (Å²) in [5, 5.41) is 2.54. The van der Waals surface area contributed by atoms with Crippen LogP contribution in [-0.4, -0.2) is 42.7 Å². The van der Waals surface area contributed by atoms with E-state index in [0.29, 0.717) is 6.42 Å². The number of nitrogens with zero attached hydrogens (tertiary/aromatic N) is 1. The van der Waals surface area contributed by atoms with E-state index in [1.54, 1.807) is 11.8 Å². The average Bonchev–Trinajstić information content (AvgIpc) is 2.96. The molecule has 8 heteroatoms. The highest BCUT2D eigenvalue weighted by Crippen LogP contribution is 2.33. The van der Waals surface area contributed by atoms with Gasteiger partial charge >= 0.3 is 6.09 Å².